The zero-order chi connectivity index (χ0) is 19.4. The molecule has 3 rings (SSSR count). The number of aryl methyl sites for hydroxylation is 1. The highest BCUT2D eigenvalue weighted by atomic mass is 16.3. The van der Waals surface area contributed by atoms with Crippen LogP contribution in [0.15, 0.2) is 39.9 Å². The van der Waals surface area contributed by atoms with Crippen LogP contribution in [0, 0.1) is 0 Å². The van der Waals surface area contributed by atoms with E-state index in [-0.39, 0.29) is 23.8 Å². The van der Waals surface area contributed by atoms with Crippen LogP contribution in [-0.4, -0.2) is 30.8 Å². The molecular formula is C20H26N4O3. The first-order valence-corrected chi connectivity index (χ1v) is 9.48. The summed E-state index contributed by atoms with van der Waals surface area (Å²) >= 11 is 0. The number of hydrogen-bond acceptors (Lipinski definition) is 4. The van der Waals surface area contributed by atoms with Crippen molar-refractivity contribution in [2.24, 2.45) is 0 Å². The Hall–Kier alpha value is -2.67. The minimum Gasteiger partial charge on any atom is -0.396 e. The lowest BCUT2D eigenvalue weighted by Crippen LogP contribution is -2.40. The van der Waals surface area contributed by atoms with E-state index in [9.17, 15) is 14.7 Å². The number of benzene rings is 1. The van der Waals surface area contributed by atoms with Gasteiger partial charge in [-0.25, -0.2) is 9.78 Å². The molecule has 0 aliphatic rings. The number of aromatic nitrogens is 4. The molecule has 2 N–H and O–H groups in total. The van der Waals surface area contributed by atoms with Gasteiger partial charge in [0.1, 0.15) is 11.3 Å². The number of fused-ring (bicyclic) bond motifs is 1. The number of nitrogens with zero attached hydrogens (tertiary/aromatic N) is 3. The van der Waals surface area contributed by atoms with Crippen molar-refractivity contribution < 1.29 is 5.11 Å². The molecule has 1 aromatic carbocycles. The molecule has 0 saturated heterocycles. The largest absolute Gasteiger partial charge is 0.396 e. The summed E-state index contributed by atoms with van der Waals surface area (Å²) in [6.45, 7) is 4.78. The quantitative estimate of drug-likeness (QED) is 0.634. The van der Waals surface area contributed by atoms with Gasteiger partial charge in [-0.3, -0.25) is 13.9 Å². The van der Waals surface area contributed by atoms with Crippen LogP contribution in [0.5, 0.6) is 0 Å². The second kappa shape index (κ2) is 8.35. The molecule has 7 heteroatoms. The Bertz CT molecular complexity index is 1020. The molecule has 0 fully saturated rings. The Labute approximate surface area is 157 Å². The minimum absolute atomic E-state index is 0.0249. The van der Waals surface area contributed by atoms with Crippen LogP contribution in [0.25, 0.3) is 11.2 Å². The van der Waals surface area contributed by atoms with Crippen LogP contribution in [0.3, 0.4) is 0 Å². The van der Waals surface area contributed by atoms with Crippen LogP contribution < -0.4 is 11.2 Å². The third kappa shape index (κ3) is 3.73. The summed E-state index contributed by atoms with van der Waals surface area (Å²) in [7, 11) is 0. The van der Waals surface area contributed by atoms with E-state index in [1.54, 1.807) is 4.57 Å². The van der Waals surface area contributed by atoms with Gasteiger partial charge in [-0.1, -0.05) is 44.2 Å². The Kier molecular flexibility index (Phi) is 5.91. The van der Waals surface area contributed by atoms with Gasteiger partial charge in [-0.05, 0) is 18.4 Å². The van der Waals surface area contributed by atoms with Gasteiger partial charge in [-0.15, -0.1) is 0 Å². The maximum atomic E-state index is 12.8. The molecule has 3 aromatic rings. The molecule has 1 atom stereocenters. The van der Waals surface area contributed by atoms with Gasteiger partial charge in [0.05, 0.1) is 6.61 Å². The summed E-state index contributed by atoms with van der Waals surface area (Å²) < 4.78 is 2.85. The van der Waals surface area contributed by atoms with E-state index >= 15 is 0 Å². The number of H-pyrrole nitrogens is 1. The third-order valence-electron chi connectivity index (χ3n) is 4.74. The lowest BCUT2D eigenvalue weighted by molar-refractivity contribution is 0.263. The molecule has 0 aliphatic carbocycles. The molecule has 1 unspecified atom stereocenters. The van der Waals surface area contributed by atoms with E-state index in [0.29, 0.717) is 42.9 Å². The van der Waals surface area contributed by atoms with Crippen LogP contribution in [0.2, 0.25) is 0 Å². The van der Waals surface area contributed by atoms with Gasteiger partial charge in [0.2, 0.25) is 0 Å². The summed E-state index contributed by atoms with van der Waals surface area (Å²) in [6, 6.07) is 9.71. The van der Waals surface area contributed by atoms with Crippen molar-refractivity contribution in [1.82, 2.24) is 19.1 Å². The Morgan fingerprint density at radius 1 is 1.07 bits per heavy atom. The maximum Gasteiger partial charge on any atom is 0.332 e. The van der Waals surface area contributed by atoms with Crippen LogP contribution >= 0.6 is 0 Å². The first-order valence-electron chi connectivity index (χ1n) is 9.48. The van der Waals surface area contributed by atoms with Crippen LogP contribution in [-0.2, 0) is 19.5 Å². The maximum absolute atomic E-state index is 12.8. The predicted octanol–water partition coefficient (Wildman–Crippen LogP) is 2.02. The molecule has 27 heavy (non-hydrogen) atoms. The van der Waals surface area contributed by atoms with Gasteiger partial charge in [0.25, 0.3) is 5.56 Å². The lowest BCUT2D eigenvalue weighted by atomic mass is 9.96. The highest BCUT2D eigenvalue weighted by Gasteiger charge is 2.19. The van der Waals surface area contributed by atoms with Crippen molar-refractivity contribution in [3.05, 3.63) is 62.6 Å². The number of aliphatic hydroxyl groups excluding tert-OH is 1. The smallest absolute Gasteiger partial charge is 0.332 e. The molecule has 7 nitrogen and oxygen atoms in total. The Morgan fingerprint density at radius 3 is 2.37 bits per heavy atom. The second-order valence-electron chi connectivity index (χ2n) is 6.77. The summed E-state index contributed by atoms with van der Waals surface area (Å²) in [5.74, 6) is 0.472. The van der Waals surface area contributed by atoms with Crippen LogP contribution in [0.4, 0.5) is 0 Å². The topological polar surface area (TPSA) is 92.9 Å². The van der Waals surface area contributed by atoms with Crippen molar-refractivity contribution in [2.75, 3.05) is 6.61 Å². The number of hydrogen-bond donors (Lipinski definition) is 2. The molecule has 0 spiro atoms. The molecule has 2 heterocycles. The molecule has 144 valence electrons. The lowest BCUT2D eigenvalue weighted by Gasteiger charge is -2.12. The Balaban J connectivity index is 2.08. The van der Waals surface area contributed by atoms with Crippen molar-refractivity contribution in [3.8, 4) is 0 Å². The first-order chi connectivity index (χ1) is 13.1. The average molecular weight is 370 g/mol. The molecule has 0 saturated carbocycles. The fraction of sp³-hybridized carbons (Fsp3) is 0.450. The first kappa shape index (κ1) is 19.1. The standard InChI is InChI=1S/C20H26N4O3/c1-3-10-23-18-17(19(26)24(11-4-2)20(23)27)21-16(22-18)12-15(13-25)14-8-6-5-7-9-14/h5-9,15,25H,3-4,10-13H2,1-2H3,(H,21,22). The van der Waals surface area contributed by atoms with Gasteiger partial charge in [0.15, 0.2) is 5.65 Å². The number of rotatable bonds is 8. The number of aliphatic hydroxyl groups is 1. The van der Waals surface area contributed by atoms with E-state index in [2.05, 4.69) is 9.97 Å². The van der Waals surface area contributed by atoms with Gasteiger partial charge < -0.3 is 10.1 Å². The number of aromatic amines is 1. The monoisotopic (exact) mass is 370 g/mol. The van der Waals surface area contributed by atoms with Crippen molar-refractivity contribution in [2.45, 2.75) is 52.1 Å². The second-order valence-corrected chi connectivity index (χ2v) is 6.77. The molecule has 0 amide bonds. The van der Waals surface area contributed by atoms with Crippen LogP contribution in [0.1, 0.15) is 44.0 Å². The minimum atomic E-state index is -0.330. The van der Waals surface area contributed by atoms with E-state index in [1.807, 2.05) is 44.2 Å². The summed E-state index contributed by atoms with van der Waals surface area (Å²) in [5.41, 5.74) is 1.13. The van der Waals surface area contributed by atoms with Gasteiger partial charge in [0, 0.05) is 25.4 Å². The van der Waals surface area contributed by atoms with E-state index < -0.39 is 0 Å². The number of nitrogens with one attached hydrogen (secondary N) is 1. The molecule has 0 bridgehead atoms. The predicted molar refractivity (Wildman–Crippen MR) is 105 cm³/mol. The SMILES string of the molecule is CCCn1c(=O)c2[nH]c(CC(CO)c3ccccc3)nc2n(CCC)c1=O. The third-order valence-corrected chi connectivity index (χ3v) is 4.74. The van der Waals surface area contributed by atoms with E-state index in [4.69, 9.17) is 0 Å². The number of imidazole rings is 1. The normalized spacial score (nSPS) is 12.6. The molecule has 2 aromatic heterocycles. The van der Waals surface area contributed by atoms with Gasteiger partial charge >= 0.3 is 5.69 Å². The van der Waals surface area contributed by atoms with Gasteiger partial charge in [-0.2, -0.15) is 0 Å². The fourth-order valence-corrected chi connectivity index (χ4v) is 3.40. The molecular weight excluding hydrogens is 344 g/mol. The molecule has 0 aliphatic heterocycles. The average Bonchev–Trinajstić information content (AvgIpc) is 3.11. The fourth-order valence-electron chi connectivity index (χ4n) is 3.40. The summed E-state index contributed by atoms with van der Waals surface area (Å²) in [5, 5.41) is 9.80. The van der Waals surface area contributed by atoms with Crippen molar-refractivity contribution >= 4 is 11.2 Å². The summed E-state index contributed by atoms with van der Waals surface area (Å²) in [4.78, 5) is 33.1. The van der Waals surface area contributed by atoms with Crippen molar-refractivity contribution in [1.29, 1.82) is 0 Å². The highest BCUT2D eigenvalue weighted by molar-refractivity contribution is 5.69. The Morgan fingerprint density at radius 2 is 1.74 bits per heavy atom. The molecule has 0 radical (unpaired) electrons. The van der Waals surface area contributed by atoms with E-state index in [1.165, 1.54) is 4.57 Å². The van der Waals surface area contributed by atoms with E-state index in [0.717, 1.165) is 12.0 Å². The van der Waals surface area contributed by atoms with Crippen molar-refractivity contribution in [3.63, 3.8) is 0 Å². The summed E-state index contributed by atoms with van der Waals surface area (Å²) in [6.07, 6.45) is 1.93. The highest BCUT2D eigenvalue weighted by Crippen LogP contribution is 2.20. The zero-order valence-electron chi connectivity index (χ0n) is 15.8. The zero-order valence-corrected chi connectivity index (χ0v) is 15.8.